The summed E-state index contributed by atoms with van der Waals surface area (Å²) in [6.45, 7) is 4.81. The van der Waals surface area contributed by atoms with Gasteiger partial charge in [-0.1, -0.05) is 26.7 Å². The van der Waals surface area contributed by atoms with Gasteiger partial charge >= 0.3 is 0 Å². The van der Waals surface area contributed by atoms with E-state index >= 15 is 0 Å². The van der Waals surface area contributed by atoms with Crippen LogP contribution in [0.15, 0.2) is 0 Å². The van der Waals surface area contributed by atoms with Gasteiger partial charge in [-0.05, 0) is 18.8 Å². The third-order valence-corrected chi connectivity index (χ3v) is 4.85. The van der Waals surface area contributed by atoms with Crippen LogP contribution in [0, 0.1) is 5.92 Å². The van der Waals surface area contributed by atoms with Crippen LogP contribution >= 0.6 is 0 Å². The van der Waals surface area contributed by atoms with E-state index in [0.717, 1.165) is 25.7 Å². The zero-order chi connectivity index (χ0) is 12.9. The fourth-order valence-electron chi connectivity index (χ4n) is 1.93. The van der Waals surface area contributed by atoms with E-state index in [2.05, 4.69) is 4.72 Å². The molecule has 0 amide bonds. The van der Waals surface area contributed by atoms with Gasteiger partial charge in [0.25, 0.3) is 10.2 Å². The first kappa shape index (κ1) is 14.9. The van der Waals surface area contributed by atoms with Gasteiger partial charge in [-0.3, -0.25) is 0 Å². The molecule has 5 nitrogen and oxygen atoms in total. The van der Waals surface area contributed by atoms with Gasteiger partial charge in [-0.2, -0.15) is 17.4 Å². The van der Waals surface area contributed by atoms with E-state index in [1.807, 2.05) is 13.8 Å². The Labute approximate surface area is 104 Å². The lowest BCUT2D eigenvalue weighted by Gasteiger charge is -2.25. The first-order chi connectivity index (χ1) is 7.97. The number of hydrogen-bond acceptors (Lipinski definition) is 3. The lowest BCUT2D eigenvalue weighted by atomic mass is 10.1. The highest BCUT2D eigenvalue weighted by Gasteiger charge is 2.26. The molecule has 2 N–H and O–H groups in total. The van der Waals surface area contributed by atoms with Crippen LogP contribution in [-0.4, -0.2) is 43.6 Å². The zero-order valence-electron chi connectivity index (χ0n) is 10.7. The summed E-state index contributed by atoms with van der Waals surface area (Å²) in [7, 11) is -3.44. The minimum absolute atomic E-state index is 0.0850. The van der Waals surface area contributed by atoms with E-state index in [1.165, 1.54) is 4.31 Å². The Morgan fingerprint density at radius 3 is 2.12 bits per heavy atom. The molecule has 0 radical (unpaired) electrons. The van der Waals surface area contributed by atoms with Crippen molar-refractivity contribution >= 4 is 10.2 Å². The second-order valence-corrected chi connectivity index (χ2v) is 6.67. The van der Waals surface area contributed by atoms with Gasteiger partial charge < -0.3 is 5.11 Å². The number of hydrogen-bond donors (Lipinski definition) is 2. The molecule has 1 aliphatic rings. The fraction of sp³-hybridized carbons (Fsp3) is 1.00. The van der Waals surface area contributed by atoms with E-state index in [1.54, 1.807) is 0 Å². The first-order valence-corrected chi connectivity index (χ1v) is 7.79. The molecule has 1 saturated heterocycles. The smallest absolute Gasteiger partial charge is 0.279 e. The molecule has 102 valence electrons. The quantitative estimate of drug-likeness (QED) is 0.768. The normalized spacial score (nSPS) is 21.4. The topological polar surface area (TPSA) is 69.6 Å². The molecule has 0 aliphatic carbocycles. The van der Waals surface area contributed by atoms with Gasteiger partial charge in [0.15, 0.2) is 0 Å². The van der Waals surface area contributed by atoms with Crippen molar-refractivity contribution in [2.75, 3.05) is 19.7 Å². The molecule has 1 aliphatic heterocycles. The van der Waals surface area contributed by atoms with Gasteiger partial charge in [0.05, 0.1) is 6.61 Å². The molecule has 0 aromatic rings. The predicted molar refractivity (Wildman–Crippen MR) is 67.8 cm³/mol. The van der Waals surface area contributed by atoms with Gasteiger partial charge in [-0.25, -0.2) is 0 Å². The van der Waals surface area contributed by atoms with Crippen LogP contribution in [-0.2, 0) is 10.2 Å². The lowest BCUT2D eigenvalue weighted by Crippen LogP contribution is -2.48. The van der Waals surface area contributed by atoms with Crippen LogP contribution in [0.25, 0.3) is 0 Å². The molecule has 1 fully saturated rings. The average Bonchev–Trinajstić information content (AvgIpc) is 2.54. The van der Waals surface area contributed by atoms with Gasteiger partial charge in [0.1, 0.15) is 0 Å². The molecule has 17 heavy (non-hydrogen) atoms. The standard InChI is InChI=1S/C11H24N2O3S/c1-10(2)11(9-14)12-17(15,16)13-7-5-3-4-6-8-13/h10-12,14H,3-9H2,1-2H3. The summed E-state index contributed by atoms with van der Waals surface area (Å²) in [4.78, 5) is 0. The van der Waals surface area contributed by atoms with Crippen LogP contribution in [0.2, 0.25) is 0 Å². The maximum absolute atomic E-state index is 12.1. The summed E-state index contributed by atoms with van der Waals surface area (Å²) < 4.78 is 28.3. The molecule has 1 rings (SSSR count). The van der Waals surface area contributed by atoms with E-state index in [-0.39, 0.29) is 12.5 Å². The summed E-state index contributed by atoms with van der Waals surface area (Å²) in [5.74, 6) is 0.0850. The Hall–Kier alpha value is -0.170. The molecule has 1 heterocycles. The summed E-state index contributed by atoms with van der Waals surface area (Å²) in [5.41, 5.74) is 0. The first-order valence-electron chi connectivity index (χ1n) is 6.35. The van der Waals surface area contributed by atoms with Gasteiger partial charge in [0.2, 0.25) is 0 Å². The second kappa shape index (κ2) is 6.68. The highest BCUT2D eigenvalue weighted by Crippen LogP contribution is 2.13. The number of aliphatic hydroxyl groups excluding tert-OH is 1. The molecule has 0 aromatic heterocycles. The van der Waals surface area contributed by atoms with Crippen LogP contribution in [0.5, 0.6) is 0 Å². The molecule has 0 aromatic carbocycles. The summed E-state index contributed by atoms with van der Waals surface area (Å²) in [6.07, 6.45) is 4.04. The van der Waals surface area contributed by atoms with Crippen molar-refractivity contribution in [2.45, 2.75) is 45.6 Å². The van der Waals surface area contributed by atoms with Crippen molar-refractivity contribution in [2.24, 2.45) is 5.92 Å². The molecule has 6 heteroatoms. The summed E-state index contributed by atoms with van der Waals surface area (Å²) in [6, 6.07) is -0.400. The van der Waals surface area contributed by atoms with Crippen molar-refractivity contribution in [1.29, 1.82) is 0 Å². The van der Waals surface area contributed by atoms with E-state index in [9.17, 15) is 8.42 Å². The summed E-state index contributed by atoms with van der Waals surface area (Å²) >= 11 is 0. The highest BCUT2D eigenvalue weighted by molar-refractivity contribution is 7.87. The Morgan fingerprint density at radius 2 is 1.71 bits per heavy atom. The number of aliphatic hydroxyl groups is 1. The van der Waals surface area contributed by atoms with Gasteiger partial charge in [0, 0.05) is 19.1 Å². The minimum Gasteiger partial charge on any atom is -0.395 e. The maximum atomic E-state index is 12.1. The van der Waals surface area contributed by atoms with E-state index < -0.39 is 16.3 Å². The van der Waals surface area contributed by atoms with Gasteiger partial charge in [-0.15, -0.1) is 0 Å². The largest absolute Gasteiger partial charge is 0.395 e. The van der Waals surface area contributed by atoms with Crippen molar-refractivity contribution in [3.8, 4) is 0 Å². The van der Waals surface area contributed by atoms with E-state index in [4.69, 9.17) is 5.11 Å². The predicted octanol–water partition coefficient (Wildman–Crippen LogP) is 0.714. The molecular weight excluding hydrogens is 240 g/mol. The monoisotopic (exact) mass is 264 g/mol. The fourth-order valence-corrected chi connectivity index (χ4v) is 3.55. The Balaban J connectivity index is 2.65. The molecule has 0 spiro atoms. The molecule has 1 atom stereocenters. The Morgan fingerprint density at radius 1 is 1.18 bits per heavy atom. The third-order valence-electron chi connectivity index (χ3n) is 3.21. The number of rotatable bonds is 5. The molecule has 0 bridgehead atoms. The minimum atomic E-state index is -3.44. The highest BCUT2D eigenvalue weighted by atomic mass is 32.2. The number of nitrogens with zero attached hydrogens (tertiary/aromatic N) is 1. The summed E-state index contributed by atoms with van der Waals surface area (Å²) in [5, 5.41) is 9.17. The zero-order valence-corrected chi connectivity index (χ0v) is 11.5. The third kappa shape index (κ3) is 4.54. The van der Waals surface area contributed by atoms with Crippen LogP contribution in [0.4, 0.5) is 0 Å². The second-order valence-electron chi connectivity index (χ2n) is 4.97. The van der Waals surface area contributed by atoms with Crippen LogP contribution in [0.3, 0.4) is 0 Å². The van der Waals surface area contributed by atoms with Crippen molar-refractivity contribution in [1.82, 2.24) is 9.03 Å². The van der Waals surface area contributed by atoms with Crippen molar-refractivity contribution in [3.05, 3.63) is 0 Å². The Bertz CT molecular complexity index is 309. The lowest BCUT2D eigenvalue weighted by molar-refractivity contribution is 0.225. The van der Waals surface area contributed by atoms with Crippen LogP contribution < -0.4 is 4.72 Å². The van der Waals surface area contributed by atoms with Crippen molar-refractivity contribution in [3.63, 3.8) is 0 Å². The molecule has 0 saturated carbocycles. The average molecular weight is 264 g/mol. The van der Waals surface area contributed by atoms with Crippen LogP contribution in [0.1, 0.15) is 39.5 Å². The van der Waals surface area contributed by atoms with Crippen molar-refractivity contribution < 1.29 is 13.5 Å². The molecule has 1 unspecified atom stereocenters. The SMILES string of the molecule is CC(C)C(CO)NS(=O)(=O)N1CCCCCC1. The Kier molecular flexibility index (Phi) is 5.85. The maximum Gasteiger partial charge on any atom is 0.279 e. The number of nitrogens with one attached hydrogen (secondary N) is 1. The van der Waals surface area contributed by atoms with E-state index in [0.29, 0.717) is 13.1 Å². The molecular formula is C11H24N2O3S.